The predicted octanol–water partition coefficient (Wildman–Crippen LogP) is 7.46. The third-order valence-corrected chi connectivity index (χ3v) is 7.54. The average Bonchev–Trinajstić information content (AvgIpc) is 2.84. The Hall–Kier alpha value is -2.69. The molecule has 0 N–H and O–H groups in total. The van der Waals surface area contributed by atoms with Crippen LogP contribution < -0.4 is 9.47 Å². The first kappa shape index (κ1) is 23.5. The Labute approximate surface area is 194 Å². The quantitative estimate of drug-likeness (QED) is 0.247. The zero-order chi connectivity index (χ0) is 23.4. The van der Waals surface area contributed by atoms with E-state index in [1.807, 2.05) is 6.08 Å². The molecule has 2 aromatic rings. The number of halogens is 2. The van der Waals surface area contributed by atoms with Gasteiger partial charge in [-0.3, -0.25) is 0 Å². The lowest BCUT2D eigenvalue weighted by atomic mass is 9.63. The monoisotopic (exact) mass is 454 g/mol. The smallest absolute Gasteiger partial charge is 0.346 e. The van der Waals surface area contributed by atoms with Gasteiger partial charge < -0.3 is 9.47 Å². The summed E-state index contributed by atoms with van der Waals surface area (Å²) in [4.78, 5) is 12.5. The lowest BCUT2D eigenvalue weighted by Gasteiger charge is -2.42. The van der Waals surface area contributed by atoms with Crippen LogP contribution in [0.25, 0.3) is 0 Å². The minimum atomic E-state index is -1.12. The summed E-state index contributed by atoms with van der Waals surface area (Å²) in [7, 11) is 1.53. The zero-order valence-corrected chi connectivity index (χ0v) is 19.2. The van der Waals surface area contributed by atoms with Crippen molar-refractivity contribution >= 4 is 5.97 Å². The van der Waals surface area contributed by atoms with Crippen LogP contribution in [0.2, 0.25) is 0 Å². The first-order valence-corrected chi connectivity index (χ1v) is 11.9. The molecule has 2 saturated carbocycles. The minimum absolute atomic E-state index is 0.00265. The van der Waals surface area contributed by atoms with Crippen molar-refractivity contribution in [3.8, 4) is 11.5 Å². The van der Waals surface area contributed by atoms with Crippen molar-refractivity contribution in [2.24, 2.45) is 17.8 Å². The van der Waals surface area contributed by atoms with Crippen LogP contribution in [0, 0.1) is 29.4 Å². The maximum absolute atomic E-state index is 15.1. The maximum Gasteiger partial charge on any atom is 0.346 e. The second-order valence-electron chi connectivity index (χ2n) is 9.47. The summed E-state index contributed by atoms with van der Waals surface area (Å²) in [5, 5.41) is 0. The minimum Gasteiger partial charge on any atom is -0.497 e. The van der Waals surface area contributed by atoms with E-state index in [0.29, 0.717) is 23.1 Å². The Kier molecular flexibility index (Phi) is 7.46. The lowest BCUT2D eigenvalue weighted by molar-refractivity contribution is 0.0728. The Bertz CT molecular complexity index is 985. The average molecular weight is 455 g/mol. The highest BCUT2D eigenvalue weighted by atomic mass is 19.2. The molecule has 0 aromatic heterocycles. The number of carbonyl (C=O) groups excluding carboxylic acids is 1. The molecule has 4 atom stereocenters. The van der Waals surface area contributed by atoms with E-state index in [2.05, 4.69) is 6.58 Å². The molecule has 4 rings (SSSR count). The number of allylic oxidation sites excluding steroid dienone is 1. The van der Waals surface area contributed by atoms with Gasteiger partial charge >= 0.3 is 5.97 Å². The molecule has 0 saturated heterocycles. The van der Waals surface area contributed by atoms with Gasteiger partial charge in [0.25, 0.3) is 0 Å². The molecule has 33 heavy (non-hydrogen) atoms. The SMILES string of the molecule is C=CCCC1CCC2CC(c3ccc(C(=O)Oc4ccc(OC)cc4)c(F)c3F)CCC2C1. The van der Waals surface area contributed by atoms with Crippen LogP contribution in [-0.2, 0) is 0 Å². The van der Waals surface area contributed by atoms with Gasteiger partial charge in [0, 0.05) is 0 Å². The molecule has 0 bridgehead atoms. The molecule has 0 radical (unpaired) electrons. The summed E-state index contributed by atoms with van der Waals surface area (Å²) in [5.74, 6) is -0.0678. The number of fused-ring (bicyclic) bond motifs is 1. The normalized spacial score (nSPS) is 24.6. The third-order valence-electron chi connectivity index (χ3n) is 7.54. The van der Waals surface area contributed by atoms with Crippen molar-refractivity contribution < 1.29 is 23.0 Å². The van der Waals surface area contributed by atoms with Gasteiger partial charge in [0.15, 0.2) is 11.6 Å². The van der Waals surface area contributed by atoms with Crippen molar-refractivity contribution in [3.05, 3.63) is 71.8 Å². The number of hydrogen-bond donors (Lipinski definition) is 0. The van der Waals surface area contributed by atoms with E-state index >= 15 is 4.39 Å². The number of hydrogen-bond acceptors (Lipinski definition) is 3. The molecule has 0 spiro atoms. The van der Waals surface area contributed by atoms with Crippen molar-refractivity contribution in [1.29, 1.82) is 0 Å². The fourth-order valence-corrected chi connectivity index (χ4v) is 5.73. The molecule has 3 nitrogen and oxygen atoms in total. The van der Waals surface area contributed by atoms with Crippen molar-refractivity contribution in [3.63, 3.8) is 0 Å². The maximum atomic E-state index is 15.1. The number of ether oxygens (including phenoxy) is 2. The van der Waals surface area contributed by atoms with E-state index in [1.54, 1.807) is 30.3 Å². The van der Waals surface area contributed by atoms with Gasteiger partial charge in [-0.15, -0.1) is 6.58 Å². The van der Waals surface area contributed by atoms with Gasteiger partial charge in [0.05, 0.1) is 12.7 Å². The lowest BCUT2D eigenvalue weighted by Crippen LogP contribution is -2.30. The molecule has 2 aliphatic carbocycles. The molecule has 0 aliphatic heterocycles. The molecule has 176 valence electrons. The topological polar surface area (TPSA) is 35.5 Å². The fourth-order valence-electron chi connectivity index (χ4n) is 5.73. The van der Waals surface area contributed by atoms with E-state index in [1.165, 1.54) is 38.9 Å². The number of carbonyl (C=O) groups is 1. The number of esters is 1. The summed E-state index contributed by atoms with van der Waals surface area (Å²) in [6.45, 7) is 3.83. The highest BCUT2D eigenvalue weighted by molar-refractivity contribution is 5.91. The molecular weight excluding hydrogens is 422 g/mol. The van der Waals surface area contributed by atoms with Crippen LogP contribution in [-0.4, -0.2) is 13.1 Å². The Balaban J connectivity index is 1.42. The van der Waals surface area contributed by atoms with Gasteiger partial charge in [-0.1, -0.05) is 18.6 Å². The van der Waals surface area contributed by atoms with Crippen molar-refractivity contribution in [2.45, 2.75) is 57.3 Å². The second kappa shape index (κ2) is 10.5. The summed E-state index contributed by atoms with van der Waals surface area (Å²) in [5.41, 5.74) is 0.00390. The first-order chi connectivity index (χ1) is 16.0. The van der Waals surface area contributed by atoms with E-state index in [-0.39, 0.29) is 17.2 Å². The third kappa shape index (κ3) is 5.29. The number of methoxy groups -OCH3 is 1. The zero-order valence-electron chi connectivity index (χ0n) is 19.2. The summed E-state index contributed by atoms with van der Waals surface area (Å²) < 4.78 is 40.2. The van der Waals surface area contributed by atoms with Crippen LogP contribution in [0.15, 0.2) is 49.1 Å². The van der Waals surface area contributed by atoms with Gasteiger partial charge in [0.2, 0.25) is 0 Å². The van der Waals surface area contributed by atoms with Crippen LogP contribution >= 0.6 is 0 Å². The first-order valence-electron chi connectivity index (χ1n) is 11.9. The molecule has 0 amide bonds. The number of rotatable bonds is 7. The Morgan fingerprint density at radius 2 is 1.67 bits per heavy atom. The Morgan fingerprint density at radius 3 is 2.39 bits per heavy atom. The predicted molar refractivity (Wildman–Crippen MR) is 125 cm³/mol. The van der Waals surface area contributed by atoms with Crippen LogP contribution in [0.1, 0.15) is 73.2 Å². The summed E-state index contributed by atoms with van der Waals surface area (Å²) in [6.07, 6.45) is 10.7. The second-order valence-corrected chi connectivity index (χ2v) is 9.47. The van der Waals surface area contributed by atoms with E-state index < -0.39 is 17.6 Å². The molecule has 4 unspecified atom stereocenters. The van der Waals surface area contributed by atoms with Crippen LogP contribution in [0.5, 0.6) is 11.5 Å². The number of benzene rings is 2. The van der Waals surface area contributed by atoms with Crippen LogP contribution in [0.4, 0.5) is 8.78 Å². The Morgan fingerprint density at radius 1 is 0.970 bits per heavy atom. The van der Waals surface area contributed by atoms with Crippen LogP contribution in [0.3, 0.4) is 0 Å². The van der Waals surface area contributed by atoms with Gasteiger partial charge in [-0.2, -0.15) is 0 Å². The molecule has 2 aliphatic rings. The molecular formula is C28H32F2O3. The highest BCUT2D eigenvalue weighted by Crippen LogP contribution is 2.48. The summed E-state index contributed by atoms with van der Waals surface area (Å²) >= 11 is 0. The van der Waals surface area contributed by atoms with E-state index in [4.69, 9.17) is 9.47 Å². The highest BCUT2D eigenvalue weighted by Gasteiger charge is 2.37. The van der Waals surface area contributed by atoms with Gasteiger partial charge in [0.1, 0.15) is 11.5 Å². The molecule has 2 aromatic carbocycles. The molecule has 5 heteroatoms. The molecule has 2 fully saturated rings. The van der Waals surface area contributed by atoms with Gasteiger partial charge in [-0.05, 0) is 105 Å². The van der Waals surface area contributed by atoms with E-state index in [0.717, 1.165) is 31.6 Å². The van der Waals surface area contributed by atoms with Crippen molar-refractivity contribution in [1.82, 2.24) is 0 Å². The largest absolute Gasteiger partial charge is 0.497 e. The summed E-state index contributed by atoms with van der Waals surface area (Å²) in [6, 6.07) is 9.29. The van der Waals surface area contributed by atoms with Crippen molar-refractivity contribution in [2.75, 3.05) is 7.11 Å². The van der Waals surface area contributed by atoms with Gasteiger partial charge in [-0.25, -0.2) is 13.6 Å². The fraction of sp³-hybridized carbons (Fsp3) is 0.464. The standard InChI is InChI=1S/C28H32F2O3/c1-3-4-5-18-6-7-20-17-21(9-8-19(20)16-18)24-14-15-25(27(30)26(24)29)28(31)33-23-12-10-22(32-2)11-13-23/h3,10-15,18-21H,1,4-9,16-17H2,2H3. The molecule has 0 heterocycles. The van der Waals surface area contributed by atoms with E-state index in [9.17, 15) is 9.18 Å².